The molecule has 2 heteroatoms. The van der Waals surface area contributed by atoms with E-state index in [4.69, 9.17) is 4.74 Å². The highest BCUT2D eigenvalue weighted by Gasteiger charge is 2.32. The van der Waals surface area contributed by atoms with Crippen LogP contribution in [-0.4, -0.2) is 20.2 Å². The molecular formula is C17H25NO. The number of likely N-dealkylation sites (N-methyl/N-ethyl adjacent to an activating group) is 1. The van der Waals surface area contributed by atoms with Crippen molar-refractivity contribution in [3.63, 3.8) is 0 Å². The van der Waals surface area contributed by atoms with Gasteiger partial charge in [0, 0.05) is 12.0 Å². The smallest absolute Gasteiger partial charge is 0.119 e. The maximum absolute atomic E-state index is 5.75. The fourth-order valence-corrected chi connectivity index (χ4v) is 2.69. The number of hydrogen-bond acceptors (Lipinski definition) is 2. The molecule has 0 saturated heterocycles. The fraction of sp³-hybridized carbons (Fsp3) is 0.529. The summed E-state index contributed by atoms with van der Waals surface area (Å²) in [5.74, 6) is 1.54. The zero-order chi connectivity index (χ0) is 13.7. The molecule has 1 N–H and O–H groups in total. The molecule has 0 heterocycles. The van der Waals surface area contributed by atoms with E-state index in [1.165, 1.54) is 5.56 Å². The number of benzene rings is 1. The average molecular weight is 259 g/mol. The Kier molecular flexibility index (Phi) is 4.65. The second-order valence-electron chi connectivity index (χ2n) is 5.92. The molecular weight excluding hydrogens is 234 g/mol. The van der Waals surface area contributed by atoms with Crippen LogP contribution in [0.15, 0.2) is 36.4 Å². The molecule has 1 aliphatic rings. The van der Waals surface area contributed by atoms with Crippen LogP contribution in [0.2, 0.25) is 0 Å². The summed E-state index contributed by atoms with van der Waals surface area (Å²) in [6.45, 7) is 6.13. The van der Waals surface area contributed by atoms with Crippen LogP contribution in [0, 0.1) is 5.92 Å². The molecule has 0 aliphatic heterocycles. The summed E-state index contributed by atoms with van der Waals surface area (Å²) >= 11 is 0. The van der Waals surface area contributed by atoms with Gasteiger partial charge in [-0.05, 0) is 43.5 Å². The second kappa shape index (κ2) is 6.25. The van der Waals surface area contributed by atoms with Crippen molar-refractivity contribution >= 4 is 0 Å². The lowest BCUT2D eigenvalue weighted by Gasteiger charge is -2.29. The van der Waals surface area contributed by atoms with E-state index in [-0.39, 0.29) is 5.41 Å². The molecule has 0 spiro atoms. The van der Waals surface area contributed by atoms with Crippen molar-refractivity contribution in [3.05, 3.63) is 42.0 Å². The van der Waals surface area contributed by atoms with Crippen molar-refractivity contribution in [3.8, 4) is 5.75 Å². The van der Waals surface area contributed by atoms with Gasteiger partial charge < -0.3 is 10.1 Å². The first kappa shape index (κ1) is 14.1. The molecule has 1 aromatic carbocycles. The highest BCUT2D eigenvalue weighted by atomic mass is 16.5. The van der Waals surface area contributed by atoms with Gasteiger partial charge in [-0.2, -0.15) is 0 Å². The van der Waals surface area contributed by atoms with E-state index < -0.39 is 0 Å². The third-order valence-corrected chi connectivity index (χ3v) is 3.75. The zero-order valence-electron chi connectivity index (χ0n) is 12.3. The number of nitrogens with one attached hydrogen (secondary N) is 1. The van der Waals surface area contributed by atoms with Crippen molar-refractivity contribution in [1.29, 1.82) is 0 Å². The van der Waals surface area contributed by atoms with Crippen LogP contribution in [-0.2, 0) is 5.41 Å². The molecule has 0 saturated carbocycles. The molecule has 104 valence electrons. The van der Waals surface area contributed by atoms with E-state index in [0.717, 1.165) is 31.7 Å². The first-order chi connectivity index (χ1) is 9.16. The van der Waals surface area contributed by atoms with Gasteiger partial charge in [0.25, 0.3) is 0 Å². The SMILES string of the molecule is CNCC1(c2ccc(OCC(C)C)cc2)CC=CC1. The Balaban J connectivity index is 2.08. The summed E-state index contributed by atoms with van der Waals surface area (Å²) in [4.78, 5) is 0. The Labute approximate surface area is 116 Å². The van der Waals surface area contributed by atoms with Crippen molar-refractivity contribution < 1.29 is 4.74 Å². The summed E-state index contributed by atoms with van der Waals surface area (Å²) in [5.41, 5.74) is 1.65. The lowest BCUT2D eigenvalue weighted by Crippen LogP contribution is -2.34. The van der Waals surface area contributed by atoms with E-state index in [1.54, 1.807) is 0 Å². The number of allylic oxidation sites excluding steroid dienone is 2. The molecule has 0 amide bonds. The van der Waals surface area contributed by atoms with Crippen LogP contribution in [0.5, 0.6) is 5.75 Å². The predicted octanol–water partition coefficient (Wildman–Crippen LogP) is 3.53. The Bertz CT molecular complexity index is 411. The largest absolute Gasteiger partial charge is 0.493 e. The molecule has 1 aliphatic carbocycles. The van der Waals surface area contributed by atoms with Gasteiger partial charge in [0.1, 0.15) is 5.75 Å². The van der Waals surface area contributed by atoms with Crippen LogP contribution in [0.1, 0.15) is 32.3 Å². The van der Waals surface area contributed by atoms with E-state index in [0.29, 0.717) is 5.92 Å². The number of rotatable bonds is 6. The van der Waals surface area contributed by atoms with Gasteiger partial charge in [0.15, 0.2) is 0 Å². The highest BCUT2D eigenvalue weighted by Crippen LogP contribution is 2.37. The summed E-state index contributed by atoms with van der Waals surface area (Å²) < 4.78 is 5.75. The monoisotopic (exact) mass is 259 g/mol. The lowest BCUT2D eigenvalue weighted by molar-refractivity contribution is 0.271. The molecule has 19 heavy (non-hydrogen) atoms. The van der Waals surface area contributed by atoms with Crippen LogP contribution in [0.4, 0.5) is 0 Å². The fourth-order valence-electron chi connectivity index (χ4n) is 2.69. The van der Waals surface area contributed by atoms with Gasteiger partial charge in [-0.25, -0.2) is 0 Å². The quantitative estimate of drug-likeness (QED) is 0.789. The standard InChI is InChI=1S/C17H25NO/c1-14(2)12-19-16-8-6-15(7-9-16)17(13-18-3)10-4-5-11-17/h4-9,14,18H,10-13H2,1-3H3. The predicted molar refractivity (Wildman–Crippen MR) is 80.8 cm³/mol. The molecule has 0 fully saturated rings. The maximum Gasteiger partial charge on any atom is 0.119 e. The van der Waals surface area contributed by atoms with E-state index in [2.05, 4.69) is 55.6 Å². The molecule has 0 atom stereocenters. The summed E-state index contributed by atoms with van der Waals surface area (Å²) in [7, 11) is 2.03. The summed E-state index contributed by atoms with van der Waals surface area (Å²) in [5, 5.41) is 3.33. The van der Waals surface area contributed by atoms with Crippen molar-refractivity contribution in [2.24, 2.45) is 5.92 Å². The van der Waals surface area contributed by atoms with E-state index >= 15 is 0 Å². The normalized spacial score (nSPS) is 17.1. The Morgan fingerprint density at radius 3 is 2.32 bits per heavy atom. The highest BCUT2D eigenvalue weighted by molar-refractivity contribution is 5.35. The molecule has 0 bridgehead atoms. The number of ether oxygens (including phenoxy) is 1. The molecule has 1 aromatic rings. The van der Waals surface area contributed by atoms with E-state index in [9.17, 15) is 0 Å². The van der Waals surface area contributed by atoms with Gasteiger partial charge in [0.05, 0.1) is 6.61 Å². The third kappa shape index (κ3) is 3.38. The summed E-state index contributed by atoms with van der Waals surface area (Å²) in [6.07, 6.45) is 6.83. The van der Waals surface area contributed by atoms with Gasteiger partial charge >= 0.3 is 0 Å². The first-order valence-corrected chi connectivity index (χ1v) is 7.19. The van der Waals surface area contributed by atoms with Crippen molar-refractivity contribution in [2.45, 2.75) is 32.1 Å². The minimum absolute atomic E-state index is 0.241. The molecule has 0 aromatic heterocycles. The van der Waals surface area contributed by atoms with Gasteiger partial charge in [-0.1, -0.05) is 38.1 Å². The van der Waals surface area contributed by atoms with Crippen molar-refractivity contribution in [1.82, 2.24) is 5.32 Å². The van der Waals surface area contributed by atoms with Crippen LogP contribution < -0.4 is 10.1 Å². The topological polar surface area (TPSA) is 21.3 Å². The van der Waals surface area contributed by atoms with Crippen LogP contribution in [0.3, 0.4) is 0 Å². The van der Waals surface area contributed by atoms with E-state index in [1.807, 2.05) is 7.05 Å². The van der Waals surface area contributed by atoms with Crippen molar-refractivity contribution in [2.75, 3.05) is 20.2 Å². The molecule has 0 radical (unpaired) electrons. The minimum Gasteiger partial charge on any atom is -0.493 e. The number of hydrogen-bond donors (Lipinski definition) is 1. The second-order valence-corrected chi connectivity index (χ2v) is 5.92. The third-order valence-electron chi connectivity index (χ3n) is 3.75. The maximum atomic E-state index is 5.75. The minimum atomic E-state index is 0.241. The zero-order valence-corrected chi connectivity index (χ0v) is 12.3. The lowest BCUT2D eigenvalue weighted by atomic mass is 9.78. The van der Waals surface area contributed by atoms with Gasteiger partial charge in [0.2, 0.25) is 0 Å². The molecule has 0 unspecified atom stereocenters. The Morgan fingerprint density at radius 2 is 1.79 bits per heavy atom. The summed E-state index contributed by atoms with van der Waals surface area (Å²) in [6, 6.07) is 8.65. The van der Waals surface area contributed by atoms with Crippen LogP contribution in [0.25, 0.3) is 0 Å². The van der Waals surface area contributed by atoms with Crippen LogP contribution >= 0.6 is 0 Å². The Morgan fingerprint density at radius 1 is 1.16 bits per heavy atom. The molecule has 2 nitrogen and oxygen atoms in total. The first-order valence-electron chi connectivity index (χ1n) is 7.19. The van der Waals surface area contributed by atoms with Gasteiger partial charge in [-0.3, -0.25) is 0 Å². The Hall–Kier alpha value is -1.28. The van der Waals surface area contributed by atoms with Gasteiger partial charge in [-0.15, -0.1) is 0 Å². The average Bonchev–Trinajstić information content (AvgIpc) is 2.87. The molecule has 2 rings (SSSR count).